The minimum Gasteiger partial charge on any atom is -0.462 e. The fourth-order valence-electron chi connectivity index (χ4n) is 2.66. The minimum absolute atomic E-state index is 0.160. The number of esters is 1. The first-order valence-corrected chi connectivity index (χ1v) is 10.2. The Morgan fingerprint density at radius 3 is 2.32 bits per heavy atom. The van der Waals surface area contributed by atoms with E-state index in [0.717, 1.165) is 38.5 Å². The number of hydrogen-bond donors (Lipinski definition) is 1. The number of hydrogen-bond acceptors (Lipinski definition) is 3. The highest BCUT2D eigenvalue weighted by Crippen LogP contribution is 2.10. The summed E-state index contributed by atoms with van der Waals surface area (Å²) in [6.45, 7) is 7.95. The molecule has 0 amide bonds. The van der Waals surface area contributed by atoms with Crippen LogP contribution in [0.2, 0.25) is 0 Å². The van der Waals surface area contributed by atoms with Gasteiger partial charge in [0.25, 0.3) is 0 Å². The van der Waals surface area contributed by atoms with E-state index in [2.05, 4.69) is 25.7 Å². The maximum atomic E-state index is 11.2. The molecule has 0 aliphatic rings. The molecule has 0 aromatic rings. The van der Waals surface area contributed by atoms with Crippen molar-refractivity contribution in [3.63, 3.8) is 0 Å². The van der Waals surface area contributed by atoms with Crippen molar-refractivity contribution in [3.05, 3.63) is 24.3 Å². The number of aliphatic hydroxyl groups excluding tert-OH is 1. The molecular formula is C22H40O3. The molecular weight excluding hydrogens is 312 g/mol. The van der Waals surface area contributed by atoms with Crippen LogP contribution in [0.3, 0.4) is 0 Å². The lowest BCUT2D eigenvalue weighted by Gasteiger charge is -2.07. The largest absolute Gasteiger partial charge is 0.462 e. The van der Waals surface area contributed by atoms with Gasteiger partial charge in [0.2, 0.25) is 0 Å². The van der Waals surface area contributed by atoms with Crippen molar-refractivity contribution >= 4 is 5.97 Å². The summed E-state index contributed by atoms with van der Waals surface area (Å²) in [5.41, 5.74) is 0.470. The molecule has 25 heavy (non-hydrogen) atoms. The molecule has 0 aliphatic heterocycles. The predicted molar refractivity (Wildman–Crippen MR) is 107 cm³/mol. The average molecular weight is 353 g/mol. The first-order valence-electron chi connectivity index (χ1n) is 10.2. The Labute approximate surface area is 155 Å². The molecule has 0 rings (SSSR count). The maximum Gasteiger partial charge on any atom is 0.333 e. The van der Waals surface area contributed by atoms with Gasteiger partial charge in [0.05, 0.1) is 12.7 Å². The molecule has 1 atom stereocenters. The van der Waals surface area contributed by atoms with Gasteiger partial charge in [-0.05, 0) is 39.0 Å². The van der Waals surface area contributed by atoms with Crippen LogP contribution in [0.1, 0.15) is 97.3 Å². The van der Waals surface area contributed by atoms with Crippen LogP contribution in [0.5, 0.6) is 0 Å². The van der Waals surface area contributed by atoms with Crippen molar-refractivity contribution in [2.45, 2.75) is 103 Å². The van der Waals surface area contributed by atoms with E-state index in [9.17, 15) is 9.90 Å². The zero-order chi connectivity index (χ0) is 18.8. The molecule has 0 saturated carbocycles. The SMILES string of the molecule is C=C(C)C(=O)OCCCCCCCCC=CC[C@H](O)CCCCCC. The van der Waals surface area contributed by atoms with Crippen LogP contribution in [0, 0.1) is 0 Å². The molecule has 0 saturated heterocycles. The van der Waals surface area contributed by atoms with Crippen LogP contribution < -0.4 is 0 Å². The predicted octanol–water partition coefficient (Wildman–Crippen LogP) is 6.11. The lowest BCUT2D eigenvalue weighted by molar-refractivity contribution is -0.139. The highest BCUT2D eigenvalue weighted by atomic mass is 16.5. The second-order valence-corrected chi connectivity index (χ2v) is 7.04. The summed E-state index contributed by atoms with van der Waals surface area (Å²) in [5, 5.41) is 9.87. The second kappa shape index (κ2) is 17.7. The number of allylic oxidation sites excluding steroid dienone is 1. The van der Waals surface area contributed by atoms with Gasteiger partial charge in [-0.15, -0.1) is 0 Å². The summed E-state index contributed by atoms with van der Waals surface area (Å²) in [6, 6.07) is 0. The van der Waals surface area contributed by atoms with Gasteiger partial charge in [-0.1, -0.05) is 77.0 Å². The summed E-state index contributed by atoms with van der Waals surface area (Å²) in [5.74, 6) is -0.280. The summed E-state index contributed by atoms with van der Waals surface area (Å²) in [4.78, 5) is 11.2. The molecule has 0 aromatic carbocycles. The van der Waals surface area contributed by atoms with Gasteiger partial charge >= 0.3 is 5.97 Å². The standard InChI is InChI=1S/C22H40O3/c1-4-5-6-14-17-21(23)18-15-12-10-8-7-9-11-13-16-19-25-22(24)20(2)3/h12,15,21,23H,2,4-11,13-14,16-19H2,1,3H3/t21-/m1/s1. The van der Waals surface area contributed by atoms with Crippen LogP contribution in [0.15, 0.2) is 24.3 Å². The third-order valence-electron chi connectivity index (χ3n) is 4.31. The molecule has 0 radical (unpaired) electrons. The van der Waals surface area contributed by atoms with Crippen molar-refractivity contribution in [2.75, 3.05) is 6.61 Å². The number of carbonyl (C=O) groups is 1. The zero-order valence-corrected chi connectivity index (χ0v) is 16.6. The highest BCUT2D eigenvalue weighted by Gasteiger charge is 2.02. The van der Waals surface area contributed by atoms with E-state index in [0.29, 0.717) is 12.2 Å². The summed E-state index contributed by atoms with van der Waals surface area (Å²) < 4.78 is 5.06. The van der Waals surface area contributed by atoms with Crippen molar-refractivity contribution in [2.24, 2.45) is 0 Å². The van der Waals surface area contributed by atoms with Gasteiger partial charge in [0, 0.05) is 5.57 Å². The minimum atomic E-state index is -0.280. The summed E-state index contributed by atoms with van der Waals surface area (Å²) in [7, 11) is 0. The molecule has 0 fully saturated rings. The smallest absolute Gasteiger partial charge is 0.333 e. The lowest BCUT2D eigenvalue weighted by Crippen LogP contribution is -2.05. The Balaban J connectivity index is 3.29. The van der Waals surface area contributed by atoms with E-state index in [1.807, 2.05) is 0 Å². The van der Waals surface area contributed by atoms with Gasteiger partial charge in [-0.25, -0.2) is 4.79 Å². The second-order valence-electron chi connectivity index (χ2n) is 7.04. The molecule has 0 unspecified atom stereocenters. The maximum absolute atomic E-state index is 11.2. The Morgan fingerprint density at radius 1 is 1.00 bits per heavy atom. The van der Waals surface area contributed by atoms with Gasteiger partial charge < -0.3 is 9.84 Å². The molecule has 0 aliphatic carbocycles. The Kier molecular flexibility index (Phi) is 17.0. The number of aliphatic hydroxyl groups is 1. The van der Waals surface area contributed by atoms with Gasteiger partial charge in [0.15, 0.2) is 0 Å². The number of unbranched alkanes of at least 4 members (excludes halogenated alkanes) is 9. The Morgan fingerprint density at radius 2 is 1.64 bits per heavy atom. The normalized spacial score (nSPS) is 12.4. The van der Waals surface area contributed by atoms with Crippen molar-refractivity contribution in [1.29, 1.82) is 0 Å². The monoisotopic (exact) mass is 352 g/mol. The molecule has 146 valence electrons. The quantitative estimate of drug-likeness (QED) is 0.149. The molecule has 0 spiro atoms. The topological polar surface area (TPSA) is 46.5 Å². The van der Waals surface area contributed by atoms with E-state index in [1.54, 1.807) is 6.92 Å². The third-order valence-corrected chi connectivity index (χ3v) is 4.31. The molecule has 3 heteroatoms. The molecule has 0 aromatic heterocycles. The van der Waals surface area contributed by atoms with E-state index in [1.165, 1.54) is 44.9 Å². The van der Waals surface area contributed by atoms with Crippen LogP contribution in [-0.2, 0) is 9.53 Å². The van der Waals surface area contributed by atoms with Crippen LogP contribution in [0.4, 0.5) is 0 Å². The summed E-state index contributed by atoms with van der Waals surface area (Å²) >= 11 is 0. The van der Waals surface area contributed by atoms with Crippen molar-refractivity contribution in [3.8, 4) is 0 Å². The average Bonchev–Trinajstić information content (AvgIpc) is 2.59. The fourth-order valence-corrected chi connectivity index (χ4v) is 2.66. The first-order chi connectivity index (χ1) is 12.1. The van der Waals surface area contributed by atoms with Crippen LogP contribution in [0.25, 0.3) is 0 Å². The van der Waals surface area contributed by atoms with Gasteiger partial charge in [-0.2, -0.15) is 0 Å². The number of ether oxygens (including phenoxy) is 1. The third kappa shape index (κ3) is 17.5. The zero-order valence-electron chi connectivity index (χ0n) is 16.6. The van der Waals surface area contributed by atoms with E-state index >= 15 is 0 Å². The Hall–Kier alpha value is -1.09. The molecule has 0 heterocycles. The molecule has 3 nitrogen and oxygen atoms in total. The van der Waals surface area contributed by atoms with Gasteiger partial charge in [0.1, 0.15) is 0 Å². The van der Waals surface area contributed by atoms with E-state index < -0.39 is 0 Å². The van der Waals surface area contributed by atoms with Crippen molar-refractivity contribution in [1.82, 2.24) is 0 Å². The van der Waals surface area contributed by atoms with Gasteiger partial charge in [-0.3, -0.25) is 0 Å². The van der Waals surface area contributed by atoms with E-state index in [-0.39, 0.29) is 12.1 Å². The van der Waals surface area contributed by atoms with E-state index in [4.69, 9.17) is 4.74 Å². The van der Waals surface area contributed by atoms with Crippen LogP contribution >= 0.6 is 0 Å². The molecule has 0 bridgehead atoms. The lowest BCUT2D eigenvalue weighted by atomic mass is 10.1. The molecule has 1 N–H and O–H groups in total. The van der Waals surface area contributed by atoms with Crippen LogP contribution in [-0.4, -0.2) is 23.8 Å². The fraction of sp³-hybridized carbons (Fsp3) is 0.773. The number of carbonyl (C=O) groups excluding carboxylic acids is 1. The number of rotatable bonds is 17. The highest BCUT2D eigenvalue weighted by molar-refractivity contribution is 5.86. The first kappa shape index (κ1) is 23.9. The summed E-state index contributed by atoms with van der Waals surface area (Å²) in [6.07, 6.45) is 18.9. The Bertz CT molecular complexity index is 360. The van der Waals surface area contributed by atoms with Crippen molar-refractivity contribution < 1.29 is 14.6 Å².